The number of rotatable bonds is 72. The third kappa shape index (κ3) is 64.9. The van der Waals surface area contributed by atoms with Crippen molar-refractivity contribution in [3.8, 4) is 0 Å². The van der Waals surface area contributed by atoms with Gasteiger partial charge in [0.15, 0.2) is 0 Å². The number of likely N-dealkylation sites (N-methyl/N-ethyl adjacent to an activating group) is 1. The minimum Gasteiger partial charge on any atom is -0.481 e. The van der Waals surface area contributed by atoms with Crippen LogP contribution in [0.5, 0.6) is 0 Å². The molecule has 0 aliphatic rings. The fourth-order valence-electron chi connectivity index (χ4n) is 8.40. The number of nitrogens with one attached hydrogen (secondary N) is 5. The Hall–Kier alpha value is -4.03. The molecule has 0 spiro atoms. The topological polar surface area (TPSA) is 331 Å². The van der Waals surface area contributed by atoms with Crippen LogP contribution in [0.1, 0.15) is 162 Å². The maximum Gasteiger partial charge on any atom is 0.326 e. The van der Waals surface area contributed by atoms with Crippen LogP contribution in [0.4, 0.5) is 0 Å². The molecule has 0 saturated carbocycles. The molecule has 2 atom stereocenters. The molecule has 2 unspecified atom stereocenters. The zero-order valence-electron chi connectivity index (χ0n) is 53.9. The third-order valence-electron chi connectivity index (χ3n) is 13.3. The molecule has 516 valence electrons. The molecule has 0 aromatic heterocycles. The van der Waals surface area contributed by atoms with Gasteiger partial charge >= 0.3 is 11.9 Å². The maximum absolute atomic E-state index is 12.4. The second-order valence-electron chi connectivity index (χ2n) is 21.0. The zero-order valence-corrected chi connectivity index (χ0v) is 53.9. The summed E-state index contributed by atoms with van der Waals surface area (Å²) in [7, 11) is 0. The summed E-state index contributed by atoms with van der Waals surface area (Å²) in [6, 6.07) is -1.23. The van der Waals surface area contributed by atoms with Crippen LogP contribution in [0.3, 0.4) is 0 Å². The van der Waals surface area contributed by atoms with Gasteiger partial charge in [-0.1, -0.05) is 84.0 Å². The number of amides is 4. The molecule has 0 aromatic rings. The second kappa shape index (κ2) is 67.4. The quantitative estimate of drug-likeness (QED) is 0.0405. The molecule has 0 aliphatic heterocycles. The number of carboxylic acids is 2. The summed E-state index contributed by atoms with van der Waals surface area (Å²) in [4.78, 5) is 82.5. The van der Waals surface area contributed by atoms with Crippen molar-refractivity contribution in [2.75, 3.05) is 185 Å². The minimum atomic E-state index is -1.17. The smallest absolute Gasteiger partial charge is 0.326 e. The van der Waals surface area contributed by atoms with E-state index in [9.17, 15) is 38.7 Å². The van der Waals surface area contributed by atoms with Crippen LogP contribution < -0.4 is 26.6 Å². The van der Waals surface area contributed by atoms with Gasteiger partial charge in [-0.25, -0.2) is 4.79 Å². The summed E-state index contributed by atoms with van der Waals surface area (Å²) in [5, 5.41) is 32.3. The number of unbranched alkanes of at least 4 members (excludes halogenated alkanes) is 14. The first-order valence-electron chi connectivity index (χ1n) is 32.7. The maximum atomic E-state index is 12.4. The van der Waals surface area contributed by atoms with Gasteiger partial charge in [0, 0.05) is 51.7 Å². The monoisotopic (exact) mass is 1270 g/mol. The molecular weight excluding hydrogens is 1150 g/mol. The highest BCUT2D eigenvalue weighted by molar-refractivity contribution is 5.84. The number of carboxylic acid groups (broad SMARTS) is 2. The summed E-state index contributed by atoms with van der Waals surface area (Å²) in [6.07, 6.45) is 18.6. The minimum absolute atomic E-state index is 0.00416. The largest absolute Gasteiger partial charge is 0.481 e. The third-order valence-corrected chi connectivity index (χ3v) is 13.3. The fourth-order valence-corrected chi connectivity index (χ4v) is 8.40. The summed E-state index contributed by atoms with van der Waals surface area (Å²) >= 11 is 0. The summed E-state index contributed by atoms with van der Waals surface area (Å²) in [5.74, 6) is -2.55. The Morgan fingerprint density at radius 2 is 0.614 bits per heavy atom. The molecule has 26 nitrogen and oxygen atoms in total. The predicted octanol–water partition coefficient (Wildman–Crippen LogP) is 4.73. The van der Waals surface area contributed by atoms with Crippen molar-refractivity contribution in [2.45, 2.75) is 174 Å². The molecule has 0 aromatic carbocycles. The normalized spacial score (nSPS) is 12.0. The van der Waals surface area contributed by atoms with Gasteiger partial charge in [0.1, 0.15) is 11.8 Å². The molecule has 0 heterocycles. The number of hydrogen-bond acceptors (Lipinski definition) is 20. The fraction of sp³-hybridized carbons (Fsp3) is 0.887. The highest BCUT2D eigenvalue weighted by Gasteiger charge is 2.21. The number of carbonyl (C=O) groups is 7. The summed E-state index contributed by atoms with van der Waals surface area (Å²) in [6.45, 7) is 14.9. The number of ether oxygens (including phenoxy) is 12. The summed E-state index contributed by atoms with van der Waals surface area (Å²) in [5.41, 5.74) is 0. The summed E-state index contributed by atoms with van der Waals surface area (Å²) < 4.78 is 65.9. The lowest BCUT2D eigenvalue weighted by Crippen LogP contribution is -2.41. The Morgan fingerprint density at radius 3 is 0.943 bits per heavy atom. The molecular formula is C62H117N5O21. The SMILES string of the molecule is CCNC(CCCCNC(=O)CCOCCOCCOCCOCCOCCOCCNC(=O)CCOCCOCCOCCOCCOCCOCCNC(=O)CCC(NC(=O)CCCCCCCCCCCCCCCCC(=O)O)C(=O)O)C(C)=O. The number of hydrogen-bond donors (Lipinski definition) is 7. The van der Waals surface area contributed by atoms with Gasteiger partial charge in [0.05, 0.1) is 165 Å². The van der Waals surface area contributed by atoms with Crippen molar-refractivity contribution in [1.29, 1.82) is 0 Å². The van der Waals surface area contributed by atoms with E-state index in [1.165, 1.54) is 44.9 Å². The molecule has 0 bridgehead atoms. The highest BCUT2D eigenvalue weighted by Crippen LogP contribution is 2.14. The van der Waals surface area contributed by atoms with Gasteiger partial charge in [-0.2, -0.15) is 0 Å². The van der Waals surface area contributed by atoms with E-state index in [1.807, 2.05) is 6.92 Å². The molecule has 0 radical (unpaired) electrons. The Bertz CT molecular complexity index is 1660. The molecule has 0 saturated heterocycles. The Kier molecular flexibility index (Phi) is 64.3. The standard InChI is InChI=1S/C62H117N5O21/c1-3-63-55(54(2)68)20-18-19-27-64-58(70)25-30-77-34-38-81-42-46-85-50-53-88-49-45-84-41-37-80-33-29-66-59(71)26-31-78-35-39-82-43-47-86-51-52-87-48-44-83-40-36-79-32-28-65-57(69)24-23-56(62(75)76)67-60(72)21-16-14-12-10-8-6-4-5-7-9-11-13-15-17-22-61(73)74/h55-56,63H,3-53H2,1-2H3,(H,64,70)(H,65,69)(H,66,71)(H,67,72)(H,73,74)(H,75,76). The van der Waals surface area contributed by atoms with E-state index in [4.69, 9.17) is 61.9 Å². The van der Waals surface area contributed by atoms with Crippen molar-refractivity contribution >= 4 is 41.4 Å². The Labute approximate surface area is 525 Å². The van der Waals surface area contributed by atoms with Crippen molar-refractivity contribution in [3.63, 3.8) is 0 Å². The van der Waals surface area contributed by atoms with Crippen molar-refractivity contribution in [1.82, 2.24) is 26.6 Å². The van der Waals surface area contributed by atoms with Crippen molar-refractivity contribution in [3.05, 3.63) is 0 Å². The molecule has 0 aliphatic carbocycles. The predicted molar refractivity (Wildman–Crippen MR) is 330 cm³/mol. The van der Waals surface area contributed by atoms with Crippen LogP contribution in [0.25, 0.3) is 0 Å². The molecule has 7 N–H and O–H groups in total. The van der Waals surface area contributed by atoms with E-state index >= 15 is 0 Å². The van der Waals surface area contributed by atoms with E-state index in [-0.39, 0.29) is 87.3 Å². The lowest BCUT2D eigenvalue weighted by atomic mass is 10.0. The zero-order chi connectivity index (χ0) is 64.3. The van der Waals surface area contributed by atoms with E-state index in [1.54, 1.807) is 6.92 Å². The molecule has 4 amide bonds. The first-order valence-corrected chi connectivity index (χ1v) is 32.7. The highest BCUT2D eigenvalue weighted by atomic mass is 16.6. The lowest BCUT2D eigenvalue weighted by Gasteiger charge is -2.14. The molecule has 0 rings (SSSR count). The van der Waals surface area contributed by atoms with E-state index < -0.39 is 18.0 Å². The number of carbonyl (C=O) groups excluding carboxylic acids is 5. The van der Waals surface area contributed by atoms with Crippen LogP contribution in [0.2, 0.25) is 0 Å². The van der Waals surface area contributed by atoms with Gasteiger partial charge in [-0.3, -0.25) is 28.8 Å². The van der Waals surface area contributed by atoms with Crippen molar-refractivity contribution < 1.29 is 101 Å². The van der Waals surface area contributed by atoms with Gasteiger partial charge in [-0.05, 0) is 52.0 Å². The molecule has 0 fully saturated rings. The van der Waals surface area contributed by atoms with Gasteiger partial charge in [0.2, 0.25) is 23.6 Å². The van der Waals surface area contributed by atoms with E-state index in [0.29, 0.717) is 171 Å². The van der Waals surface area contributed by atoms with E-state index in [2.05, 4.69) is 26.6 Å². The van der Waals surface area contributed by atoms with Crippen LogP contribution in [0, 0.1) is 0 Å². The second-order valence-corrected chi connectivity index (χ2v) is 21.0. The van der Waals surface area contributed by atoms with Gasteiger partial charge < -0.3 is 93.6 Å². The first-order chi connectivity index (χ1) is 43.0. The number of ketones is 1. The average molecular weight is 1270 g/mol. The van der Waals surface area contributed by atoms with Gasteiger partial charge in [0.25, 0.3) is 0 Å². The van der Waals surface area contributed by atoms with Crippen LogP contribution in [-0.2, 0) is 90.4 Å². The van der Waals surface area contributed by atoms with E-state index in [0.717, 1.165) is 64.3 Å². The van der Waals surface area contributed by atoms with Gasteiger partial charge in [-0.15, -0.1) is 0 Å². The number of Topliss-reactive ketones (excluding diaryl/α,β-unsaturated/α-hetero) is 1. The first kappa shape index (κ1) is 84.0. The Morgan fingerprint density at radius 1 is 0.307 bits per heavy atom. The molecule has 26 heteroatoms. The average Bonchev–Trinajstić information content (AvgIpc) is 3.50. The van der Waals surface area contributed by atoms with Crippen LogP contribution in [-0.4, -0.2) is 248 Å². The van der Waals surface area contributed by atoms with Crippen LogP contribution in [0.15, 0.2) is 0 Å². The Balaban J connectivity index is 3.41. The van der Waals surface area contributed by atoms with Crippen molar-refractivity contribution in [2.24, 2.45) is 0 Å². The molecule has 88 heavy (non-hydrogen) atoms. The lowest BCUT2D eigenvalue weighted by molar-refractivity contribution is -0.142. The van der Waals surface area contributed by atoms with Crippen LogP contribution >= 0.6 is 0 Å². The number of aliphatic carboxylic acids is 2.